The molecule has 5 nitrogen and oxygen atoms in total. The molecule has 1 atom stereocenters. The molecule has 1 aliphatic rings. The highest BCUT2D eigenvalue weighted by Crippen LogP contribution is 2.31. The summed E-state index contributed by atoms with van der Waals surface area (Å²) in [6.45, 7) is 7.40. The van der Waals surface area contributed by atoms with Gasteiger partial charge < -0.3 is 4.42 Å². The zero-order chi connectivity index (χ0) is 16.2. The summed E-state index contributed by atoms with van der Waals surface area (Å²) in [6, 6.07) is 7.71. The third kappa shape index (κ3) is 2.97. The van der Waals surface area contributed by atoms with Crippen LogP contribution in [-0.2, 0) is 12.8 Å². The minimum absolute atomic E-state index is 0.106. The highest BCUT2D eigenvalue weighted by atomic mass is 16.4. The van der Waals surface area contributed by atoms with Gasteiger partial charge in [0, 0.05) is 31.2 Å². The van der Waals surface area contributed by atoms with Crippen LogP contribution in [0.15, 0.2) is 58.7 Å². The van der Waals surface area contributed by atoms with Crippen molar-refractivity contribution in [2.24, 2.45) is 10.9 Å². The summed E-state index contributed by atoms with van der Waals surface area (Å²) in [4.78, 5) is 13.1. The van der Waals surface area contributed by atoms with Gasteiger partial charge in [-0.25, -0.2) is 4.98 Å². The van der Waals surface area contributed by atoms with Crippen molar-refractivity contribution in [3.05, 3.63) is 60.8 Å². The molecule has 0 bridgehead atoms. The normalized spacial score (nSPS) is 17.2. The first-order valence-corrected chi connectivity index (χ1v) is 7.41. The molecule has 0 amide bonds. The highest BCUT2D eigenvalue weighted by Gasteiger charge is 2.28. The molecule has 0 aliphatic heterocycles. The second kappa shape index (κ2) is 6.41. The fourth-order valence-corrected chi connectivity index (χ4v) is 2.80. The van der Waals surface area contributed by atoms with Gasteiger partial charge in [-0.05, 0) is 18.6 Å². The van der Waals surface area contributed by atoms with Gasteiger partial charge in [-0.15, -0.1) is 0 Å². The third-order valence-electron chi connectivity index (χ3n) is 3.88. The molecule has 0 spiro atoms. The molecule has 23 heavy (non-hydrogen) atoms. The Morgan fingerprint density at radius 1 is 1.48 bits per heavy atom. The number of fused-ring (bicyclic) bond motifs is 1. The molecule has 0 saturated carbocycles. The van der Waals surface area contributed by atoms with Crippen LogP contribution < -0.4 is 0 Å². The molecule has 0 saturated heterocycles. The summed E-state index contributed by atoms with van der Waals surface area (Å²) in [5.41, 5.74) is 2.70. The van der Waals surface area contributed by atoms with Gasteiger partial charge >= 0.3 is 0 Å². The van der Waals surface area contributed by atoms with Crippen LogP contribution in [0.4, 0.5) is 0 Å². The maximum absolute atomic E-state index is 9.10. The Labute approximate surface area is 134 Å². The summed E-state index contributed by atoms with van der Waals surface area (Å²) in [6.07, 6.45) is 5.45. The van der Waals surface area contributed by atoms with E-state index >= 15 is 0 Å². The number of aliphatic imine (C=N–C) groups is 1. The number of nitrogens with zero attached hydrogens (tertiary/aromatic N) is 4. The lowest BCUT2D eigenvalue weighted by atomic mass is 9.84. The lowest BCUT2D eigenvalue weighted by Crippen LogP contribution is -2.23. The van der Waals surface area contributed by atoms with Crippen LogP contribution in [0.5, 0.6) is 0 Å². The molecule has 0 fully saturated rings. The van der Waals surface area contributed by atoms with E-state index in [1.54, 1.807) is 6.20 Å². The minimum Gasteiger partial charge on any atom is -0.440 e. The molecule has 2 aromatic rings. The van der Waals surface area contributed by atoms with Crippen LogP contribution >= 0.6 is 0 Å². The van der Waals surface area contributed by atoms with E-state index in [1.165, 1.54) is 6.20 Å². The summed E-state index contributed by atoms with van der Waals surface area (Å²) < 4.78 is 5.85. The van der Waals surface area contributed by atoms with E-state index in [1.807, 2.05) is 18.2 Å². The van der Waals surface area contributed by atoms with Crippen LogP contribution in [-0.4, -0.2) is 15.7 Å². The predicted molar refractivity (Wildman–Crippen MR) is 87.6 cm³/mol. The van der Waals surface area contributed by atoms with Gasteiger partial charge in [-0.3, -0.25) is 9.98 Å². The zero-order valence-corrected chi connectivity index (χ0v) is 12.7. The molecule has 114 valence electrons. The predicted octanol–water partition coefficient (Wildman–Crippen LogP) is 3.51. The first kappa shape index (κ1) is 14.9. The number of oxazole rings is 1. The fourth-order valence-electron chi connectivity index (χ4n) is 2.80. The highest BCUT2D eigenvalue weighted by molar-refractivity contribution is 6.05. The molecule has 2 aromatic heterocycles. The average molecular weight is 304 g/mol. The van der Waals surface area contributed by atoms with Crippen molar-refractivity contribution < 1.29 is 4.42 Å². The summed E-state index contributed by atoms with van der Waals surface area (Å²) in [7, 11) is 0. The van der Waals surface area contributed by atoms with E-state index < -0.39 is 0 Å². The number of hydrogen-bond acceptors (Lipinski definition) is 5. The molecular formula is C18H16N4O. The monoisotopic (exact) mass is 304 g/mol. The van der Waals surface area contributed by atoms with E-state index in [9.17, 15) is 0 Å². The molecule has 2 heterocycles. The van der Waals surface area contributed by atoms with E-state index in [0.717, 1.165) is 30.0 Å². The maximum Gasteiger partial charge on any atom is 0.245 e. The van der Waals surface area contributed by atoms with Gasteiger partial charge in [0.1, 0.15) is 17.5 Å². The van der Waals surface area contributed by atoms with E-state index in [0.29, 0.717) is 23.6 Å². The largest absolute Gasteiger partial charge is 0.440 e. The molecule has 0 radical (unpaired) electrons. The standard InChI is InChI=1S/C18H16N4O/c1-3-20-17(12(2)11-19)13-7-8-16-15(10-13)22-18(23-16)14-6-4-5-9-21-14/h3-6,9,13H,1-2,7-8,10H2. The molecule has 1 unspecified atom stereocenters. The van der Waals surface area contributed by atoms with Crippen molar-refractivity contribution >= 4 is 5.71 Å². The number of pyridine rings is 1. The lowest BCUT2D eigenvalue weighted by Gasteiger charge is -2.21. The van der Waals surface area contributed by atoms with Crippen LogP contribution in [0, 0.1) is 17.2 Å². The van der Waals surface area contributed by atoms with Gasteiger partial charge in [0.25, 0.3) is 0 Å². The Morgan fingerprint density at radius 2 is 2.35 bits per heavy atom. The Balaban J connectivity index is 1.88. The molecule has 0 N–H and O–H groups in total. The first-order valence-electron chi connectivity index (χ1n) is 7.41. The van der Waals surface area contributed by atoms with Gasteiger partial charge in [0.2, 0.25) is 5.89 Å². The summed E-state index contributed by atoms with van der Waals surface area (Å²) in [5, 5.41) is 9.10. The Hall–Kier alpha value is -3.00. The summed E-state index contributed by atoms with van der Waals surface area (Å²) >= 11 is 0. The quantitative estimate of drug-likeness (QED) is 0.640. The van der Waals surface area contributed by atoms with Crippen molar-refractivity contribution in [1.82, 2.24) is 9.97 Å². The van der Waals surface area contributed by atoms with Crippen molar-refractivity contribution in [3.63, 3.8) is 0 Å². The Bertz CT molecular complexity index is 811. The van der Waals surface area contributed by atoms with Crippen LogP contribution in [0.25, 0.3) is 11.6 Å². The fraction of sp³-hybridized carbons (Fsp3) is 0.222. The zero-order valence-electron chi connectivity index (χ0n) is 12.7. The second-order valence-corrected chi connectivity index (χ2v) is 5.33. The van der Waals surface area contributed by atoms with Crippen LogP contribution in [0.1, 0.15) is 17.9 Å². The van der Waals surface area contributed by atoms with Gasteiger partial charge in [0.05, 0.1) is 17.0 Å². The van der Waals surface area contributed by atoms with E-state index in [4.69, 9.17) is 9.68 Å². The molecule has 0 aromatic carbocycles. The smallest absolute Gasteiger partial charge is 0.245 e. The number of rotatable bonds is 4. The van der Waals surface area contributed by atoms with Crippen molar-refractivity contribution in [2.45, 2.75) is 19.3 Å². The average Bonchev–Trinajstić information content (AvgIpc) is 3.03. The van der Waals surface area contributed by atoms with Gasteiger partial charge in [0.15, 0.2) is 0 Å². The van der Waals surface area contributed by atoms with E-state index in [2.05, 4.69) is 34.2 Å². The van der Waals surface area contributed by atoms with Crippen LogP contribution in [0.3, 0.4) is 0 Å². The van der Waals surface area contributed by atoms with Crippen molar-refractivity contribution in [2.75, 3.05) is 0 Å². The second-order valence-electron chi connectivity index (χ2n) is 5.33. The maximum atomic E-state index is 9.10. The van der Waals surface area contributed by atoms with E-state index in [-0.39, 0.29) is 5.92 Å². The summed E-state index contributed by atoms with van der Waals surface area (Å²) in [5.74, 6) is 1.54. The number of hydrogen-bond donors (Lipinski definition) is 0. The SMILES string of the molecule is C=CN=C(C(=C)C#N)C1CCc2oc(-c3ccccn3)nc2C1. The van der Waals surface area contributed by atoms with Crippen molar-refractivity contribution in [1.29, 1.82) is 5.26 Å². The third-order valence-corrected chi connectivity index (χ3v) is 3.88. The minimum atomic E-state index is 0.106. The molecular weight excluding hydrogens is 288 g/mol. The Morgan fingerprint density at radius 3 is 3.04 bits per heavy atom. The Kier molecular flexibility index (Phi) is 4.15. The molecule has 5 heteroatoms. The lowest BCUT2D eigenvalue weighted by molar-refractivity contribution is 0.462. The number of aromatic nitrogens is 2. The topological polar surface area (TPSA) is 75.1 Å². The number of aryl methyl sites for hydroxylation is 1. The van der Waals surface area contributed by atoms with Crippen LogP contribution in [0.2, 0.25) is 0 Å². The number of allylic oxidation sites excluding steroid dienone is 1. The van der Waals surface area contributed by atoms with Gasteiger partial charge in [-0.1, -0.05) is 19.2 Å². The first-order chi connectivity index (χ1) is 11.2. The van der Waals surface area contributed by atoms with Gasteiger partial charge in [-0.2, -0.15) is 5.26 Å². The molecule has 1 aliphatic carbocycles. The number of nitriles is 1. The molecule has 3 rings (SSSR count). The van der Waals surface area contributed by atoms with Crippen molar-refractivity contribution in [3.8, 4) is 17.7 Å².